The molecule has 0 saturated carbocycles. The van der Waals surface area contributed by atoms with Gasteiger partial charge in [0.1, 0.15) is 12.4 Å². The smallest absolute Gasteiger partial charge is 0.189 e. The zero-order chi connectivity index (χ0) is 15.4. The standard InChI is InChI=1S/C20H18O2/c1-2-13-22-18-11-7-15(8-12-18)14-17-10-9-16-5-3-4-6-19(16)20(17)21/h2-8,11-12,14H,1,9-10,13H2. The molecule has 22 heavy (non-hydrogen) atoms. The van der Waals surface area contributed by atoms with E-state index >= 15 is 0 Å². The van der Waals surface area contributed by atoms with E-state index in [0.29, 0.717) is 6.61 Å². The number of Topliss-reactive ketones (excluding diaryl/α,β-unsaturated/α-hetero) is 1. The van der Waals surface area contributed by atoms with Gasteiger partial charge in [-0.1, -0.05) is 49.1 Å². The minimum Gasteiger partial charge on any atom is -0.490 e. The first-order valence-corrected chi connectivity index (χ1v) is 7.45. The molecule has 2 aromatic carbocycles. The maximum Gasteiger partial charge on any atom is 0.189 e. The first kappa shape index (κ1) is 14.3. The molecule has 0 aromatic heterocycles. The number of rotatable bonds is 4. The van der Waals surface area contributed by atoms with Gasteiger partial charge in [0.05, 0.1) is 0 Å². The van der Waals surface area contributed by atoms with Gasteiger partial charge in [-0.05, 0) is 42.2 Å². The molecule has 0 N–H and O–H groups in total. The van der Waals surface area contributed by atoms with E-state index in [1.54, 1.807) is 6.08 Å². The molecule has 0 atom stereocenters. The lowest BCUT2D eigenvalue weighted by molar-refractivity contribution is 0.102. The Morgan fingerprint density at radius 2 is 1.82 bits per heavy atom. The van der Waals surface area contributed by atoms with E-state index in [4.69, 9.17) is 4.74 Å². The Hall–Kier alpha value is -2.61. The summed E-state index contributed by atoms with van der Waals surface area (Å²) in [6.07, 6.45) is 5.42. The van der Waals surface area contributed by atoms with Gasteiger partial charge >= 0.3 is 0 Å². The maximum absolute atomic E-state index is 12.5. The van der Waals surface area contributed by atoms with Crippen molar-refractivity contribution in [2.75, 3.05) is 6.61 Å². The van der Waals surface area contributed by atoms with Crippen molar-refractivity contribution < 1.29 is 9.53 Å². The number of ketones is 1. The summed E-state index contributed by atoms with van der Waals surface area (Å²) in [5.41, 5.74) is 3.89. The SMILES string of the molecule is C=CCOc1ccc(C=C2CCc3ccccc3C2=O)cc1. The van der Waals surface area contributed by atoms with Gasteiger partial charge in [-0.15, -0.1) is 0 Å². The summed E-state index contributed by atoms with van der Waals surface area (Å²) < 4.78 is 5.46. The van der Waals surface area contributed by atoms with E-state index in [9.17, 15) is 4.79 Å². The number of carbonyl (C=O) groups is 1. The molecule has 0 aliphatic heterocycles. The highest BCUT2D eigenvalue weighted by atomic mass is 16.5. The van der Waals surface area contributed by atoms with Crippen LogP contribution in [0.5, 0.6) is 5.75 Å². The molecular weight excluding hydrogens is 272 g/mol. The molecule has 0 heterocycles. The maximum atomic E-state index is 12.5. The van der Waals surface area contributed by atoms with Crippen LogP contribution >= 0.6 is 0 Å². The Bertz CT molecular complexity index is 724. The fourth-order valence-electron chi connectivity index (χ4n) is 2.67. The predicted molar refractivity (Wildman–Crippen MR) is 89.2 cm³/mol. The largest absolute Gasteiger partial charge is 0.490 e. The van der Waals surface area contributed by atoms with Gasteiger partial charge in [-0.25, -0.2) is 0 Å². The number of hydrogen-bond acceptors (Lipinski definition) is 2. The topological polar surface area (TPSA) is 26.3 Å². The van der Waals surface area contributed by atoms with Gasteiger partial charge in [-0.3, -0.25) is 4.79 Å². The lowest BCUT2D eigenvalue weighted by Crippen LogP contribution is -2.13. The minimum absolute atomic E-state index is 0.147. The normalized spacial score (nSPS) is 15.5. The van der Waals surface area contributed by atoms with Gasteiger partial charge in [0.2, 0.25) is 0 Å². The number of hydrogen-bond donors (Lipinski definition) is 0. The molecule has 0 amide bonds. The summed E-state index contributed by atoms with van der Waals surface area (Å²) in [6, 6.07) is 15.6. The van der Waals surface area contributed by atoms with Crippen LogP contribution in [-0.2, 0) is 6.42 Å². The van der Waals surface area contributed by atoms with Crippen LogP contribution in [0.4, 0.5) is 0 Å². The fraction of sp³-hybridized carbons (Fsp3) is 0.150. The lowest BCUT2D eigenvalue weighted by Gasteiger charge is -2.17. The Labute approximate surface area is 130 Å². The Balaban J connectivity index is 1.81. The number of fused-ring (bicyclic) bond motifs is 1. The second-order valence-electron chi connectivity index (χ2n) is 5.32. The highest BCUT2D eigenvalue weighted by Gasteiger charge is 2.20. The molecule has 2 aromatic rings. The van der Waals surface area contributed by atoms with Gasteiger partial charge in [-0.2, -0.15) is 0 Å². The minimum atomic E-state index is 0.147. The molecule has 2 nitrogen and oxygen atoms in total. The van der Waals surface area contributed by atoms with Crippen LogP contribution in [-0.4, -0.2) is 12.4 Å². The van der Waals surface area contributed by atoms with Crippen molar-refractivity contribution in [1.82, 2.24) is 0 Å². The third-order valence-corrected chi connectivity index (χ3v) is 3.81. The summed E-state index contributed by atoms with van der Waals surface area (Å²) >= 11 is 0. The van der Waals surface area contributed by atoms with Crippen LogP contribution in [0.3, 0.4) is 0 Å². The van der Waals surface area contributed by atoms with E-state index in [1.165, 1.54) is 0 Å². The molecule has 3 rings (SSSR count). The number of ether oxygens (including phenoxy) is 1. The molecule has 0 radical (unpaired) electrons. The fourth-order valence-corrected chi connectivity index (χ4v) is 2.67. The van der Waals surface area contributed by atoms with Crippen LogP contribution in [0.1, 0.15) is 27.9 Å². The molecule has 0 unspecified atom stereocenters. The van der Waals surface area contributed by atoms with Gasteiger partial charge in [0.25, 0.3) is 0 Å². The Morgan fingerprint density at radius 3 is 2.59 bits per heavy atom. The first-order valence-electron chi connectivity index (χ1n) is 7.45. The van der Waals surface area contributed by atoms with Crippen molar-refractivity contribution in [2.24, 2.45) is 0 Å². The lowest BCUT2D eigenvalue weighted by atomic mass is 9.86. The summed E-state index contributed by atoms with van der Waals surface area (Å²) in [5.74, 6) is 0.955. The molecule has 0 saturated heterocycles. The summed E-state index contributed by atoms with van der Waals surface area (Å²) in [6.45, 7) is 4.12. The average Bonchev–Trinajstić information content (AvgIpc) is 2.57. The van der Waals surface area contributed by atoms with Crippen molar-refractivity contribution in [1.29, 1.82) is 0 Å². The zero-order valence-corrected chi connectivity index (χ0v) is 12.4. The van der Waals surface area contributed by atoms with Crippen LogP contribution in [0.25, 0.3) is 6.08 Å². The van der Waals surface area contributed by atoms with Crippen LogP contribution in [0.2, 0.25) is 0 Å². The summed E-state index contributed by atoms with van der Waals surface area (Å²) in [5, 5.41) is 0. The van der Waals surface area contributed by atoms with E-state index in [2.05, 4.69) is 6.58 Å². The number of benzene rings is 2. The number of allylic oxidation sites excluding steroid dienone is 1. The quantitative estimate of drug-likeness (QED) is 0.613. The zero-order valence-electron chi connectivity index (χ0n) is 12.4. The first-order chi connectivity index (χ1) is 10.8. The predicted octanol–water partition coefficient (Wildman–Crippen LogP) is 4.46. The second kappa shape index (κ2) is 6.44. The summed E-state index contributed by atoms with van der Waals surface area (Å²) in [7, 11) is 0. The Morgan fingerprint density at radius 1 is 1.05 bits per heavy atom. The number of aryl methyl sites for hydroxylation is 1. The third kappa shape index (κ3) is 3.01. The van der Waals surface area contributed by atoms with Gasteiger partial charge < -0.3 is 4.74 Å². The van der Waals surface area contributed by atoms with Crippen molar-refractivity contribution in [3.05, 3.63) is 83.4 Å². The van der Waals surface area contributed by atoms with E-state index in [1.807, 2.05) is 54.6 Å². The van der Waals surface area contributed by atoms with E-state index in [0.717, 1.165) is 40.9 Å². The average molecular weight is 290 g/mol. The monoisotopic (exact) mass is 290 g/mol. The van der Waals surface area contributed by atoms with Crippen molar-refractivity contribution in [3.63, 3.8) is 0 Å². The van der Waals surface area contributed by atoms with Crippen molar-refractivity contribution in [3.8, 4) is 5.75 Å². The van der Waals surface area contributed by atoms with Crippen molar-refractivity contribution >= 4 is 11.9 Å². The third-order valence-electron chi connectivity index (χ3n) is 3.81. The van der Waals surface area contributed by atoms with Crippen LogP contribution in [0.15, 0.2) is 66.8 Å². The molecule has 0 bridgehead atoms. The highest BCUT2D eigenvalue weighted by Crippen LogP contribution is 2.26. The van der Waals surface area contributed by atoms with E-state index in [-0.39, 0.29) is 5.78 Å². The molecule has 0 spiro atoms. The van der Waals surface area contributed by atoms with Crippen LogP contribution in [0, 0.1) is 0 Å². The molecule has 1 aliphatic rings. The molecule has 0 fully saturated rings. The Kier molecular flexibility index (Phi) is 4.19. The molecular formula is C20H18O2. The van der Waals surface area contributed by atoms with Crippen LogP contribution < -0.4 is 4.74 Å². The molecule has 2 heteroatoms. The highest BCUT2D eigenvalue weighted by molar-refractivity contribution is 6.13. The second-order valence-corrected chi connectivity index (χ2v) is 5.32. The number of carbonyl (C=O) groups excluding carboxylic acids is 1. The van der Waals surface area contributed by atoms with E-state index < -0.39 is 0 Å². The van der Waals surface area contributed by atoms with Gasteiger partial charge in [0, 0.05) is 11.1 Å². The molecule has 1 aliphatic carbocycles. The molecule has 110 valence electrons. The summed E-state index contributed by atoms with van der Waals surface area (Å²) in [4.78, 5) is 12.5. The van der Waals surface area contributed by atoms with Gasteiger partial charge in [0.15, 0.2) is 5.78 Å². The van der Waals surface area contributed by atoms with Crippen molar-refractivity contribution in [2.45, 2.75) is 12.8 Å².